The number of carboxylic acids is 1. The standard InChI is InChI=1S/C14H14BrN3O3/c1-8-3-4-12(11(15)5-8)17-7-10(6-16)13(19)18-9(2)14(20)21/h3-5,7,9,17H,1-2H3,(H,18,19)(H,20,21)/b10-7-. The van der Waals surface area contributed by atoms with E-state index in [1.807, 2.05) is 19.1 Å². The summed E-state index contributed by atoms with van der Waals surface area (Å²) in [5.74, 6) is -1.92. The van der Waals surface area contributed by atoms with Crippen LogP contribution in [0.5, 0.6) is 0 Å². The van der Waals surface area contributed by atoms with Crippen molar-refractivity contribution in [2.45, 2.75) is 19.9 Å². The van der Waals surface area contributed by atoms with E-state index in [2.05, 4.69) is 26.6 Å². The molecular weight excluding hydrogens is 338 g/mol. The number of benzene rings is 1. The van der Waals surface area contributed by atoms with Gasteiger partial charge in [0.25, 0.3) is 5.91 Å². The van der Waals surface area contributed by atoms with Crippen LogP contribution in [0.25, 0.3) is 0 Å². The average Bonchev–Trinajstić information content (AvgIpc) is 2.41. The lowest BCUT2D eigenvalue weighted by atomic mass is 10.2. The van der Waals surface area contributed by atoms with Gasteiger partial charge < -0.3 is 15.7 Å². The molecule has 110 valence electrons. The molecule has 0 heterocycles. The van der Waals surface area contributed by atoms with Gasteiger partial charge in [-0.25, -0.2) is 0 Å². The first-order valence-corrected chi connectivity index (χ1v) is 6.81. The first-order valence-electron chi connectivity index (χ1n) is 6.01. The summed E-state index contributed by atoms with van der Waals surface area (Å²) < 4.78 is 0.787. The Bertz CT molecular complexity index is 635. The third kappa shape index (κ3) is 4.93. The highest BCUT2D eigenvalue weighted by Crippen LogP contribution is 2.23. The van der Waals surface area contributed by atoms with Gasteiger partial charge >= 0.3 is 5.97 Å². The summed E-state index contributed by atoms with van der Waals surface area (Å²) in [4.78, 5) is 22.4. The van der Waals surface area contributed by atoms with Gasteiger partial charge in [0.15, 0.2) is 0 Å². The Labute approximate surface area is 130 Å². The summed E-state index contributed by atoms with van der Waals surface area (Å²) in [7, 11) is 0. The van der Waals surface area contributed by atoms with Crippen molar-refractivity contribution in [1.29, 1.82) is 5.26 Å². The van der Waals surface area contributed by atoms with Crippen LogP contribution in [-0.2, 0) is 9.59 Å². The summed E-state index contributed by atoms with van der Waals surface area (Å²) >= 11 is 3.36. The summed E-state index contributed by atoms with van der Waals surface area (Å²) in [6.45, 7) is 3.25. The third-order valence-corrected chi connectivity index (χ3v) is 3.24. The van der Waals surface area contributed by atoms with Crippen molar-refractivity contribution in [3.05, 3.63) is 40.0 Å². The number of hydrogen-bond acceptors (Lipinski definition) is 4. The van der Waals surface area contributed by atoms with Gasteiger partial charge in [0.1, 0.15) is 17.7 Å². The van der Waals surface area contributed by atoms with Crippen molar-refractivity contribution in [3.8, 4) is 6.07 Å². The van der Waals surface area contributed by atoms with Gasteiger partial charge in [0, 0.05) is 10.7 Å². The van der Waals surface area contributed by atoms with Crippen LogP contribution in [0.4, 0.5) is 5.69 Å². The van der Waals surface area contributed by atoms with Crippen LogP contribution >= 0.6 is 15.9 Å². The molecule has 1 aromatic rings. The molecule has 0 spiro atoms. The molecule has 1 atom stereocenters. The van der Waals surface area contributed by atoms with Gasteiger partial charge in [-0.15, -0.1) is 0 Å². The number of rotatable bonds is 5. The van der Waals surface area contributed by atoms with E-state index in [9.17, 15) is 9.59 Å². The predicted molar refractivity (Wildman–Crippen MR) is 81.4 cm³/mol. The molecule has 1 rings (SSSR count). The number of aryl methyl sites for hydroxylation is 1. The van der Waals surface area contributed by atoms with E-state index in [-0.39, 0.29) is 5.57 Å². The highest BCUT2D eigenvalue weighted by molar-refractivity contribution is 9.10. The number of aliphatic carboxylic acids is 1. The fourth-order valence-electron chi connectivity index (χ4n) is 1.37. The first kappa shape index (κ1) is 16.7. The number of carbonyl (C=O) groups excluding carboxylic acids is 1. The lowest BCUT2D eigenvalue weighted by Crippen LogP contribution is -2.39. The lowest BCUT2D eigenvalue weighted by molar-refractivity contribution is -0.140. The zero-order valence-electron chi connectivity index (χ0n) is 11.5. The van der Waals surface area contributed by atoms with Crippen LogP contribution in [0.1, 0.15) is 12.5 Å². The number of carbonyl (C=O) groups is 2. The highest BCUT2D eigenvalue weighted by Gasteiger charge is 2.17. The Morgan fingerprint density at radius 2 is 2.14 bits per heavy atom. The van der Waals surface area contributed by atoms with E-state index in [1.165, 1.54) is 13.1 Å². The molecule has 0 radical (unpaired) electrons. The van der Waals surface area contributed by atoms with Crippen molar-refractivity contribution in [1.82, 2.24) is 5.32 Å². The number of anilines is 1. The zero-order valence-corrected chi connectivity index (χ0v) is 13.1. The molecule has 0 saturated heterocycles. The molecule has 1 unspecified atom stereocenters. The number of halogens is 1. The molecule has 0 fully saturated rings. The molecule has 0 aromatic heterocycles. The van der Waals surface area contributed by atoms with E-state index >= 15 is 0 Å². The Morgan fingerprint density at radius 1 is 1.48 bits per heavy atom. The maximum atomic E-state index is 11.7. The molecular formula is C14H14BrN3O3. The normalized spacial score (nSPS) is 12.2. The van der Waals surface area contributed by atoms with E-state index in [0.717, 1.165) is 10.0 Å². The molecule has 21 heavy (non-hydrogen) atoms. The smallest absolute Gasteiger partial charge is 0.325 e. The second-order valence-electron chi connectivity index (χ2n) is 4.33. The highest BCUT2D eigenvalue weighted by atomic mass is 79.9. The lowest BCUT2D eigenvalue weighted by Gasteiger charge is -2.09. The molecule has 0 aliphatic rings. The quantitative estimate of drug-likeness (QED) is 0.557. The van der Waals surface area contributed by atoms with Gasteiger partial charge in [-0.2, -0.15) is 5.26 Å². The monoisotopic (exact) mass is 351 g/mol. The van der Waals surface area contributed by atoms with Crippen LogP contribution in [0, 0.1) is 18.3 Å². The number of nitriles is 1. The number of amides is 1. The first-order chi connectivity index (χ1) is 9.85. The van der Waals surface area contributed by atoms with Gasteiger partial charge in [-0.05, 0) is 47.5 Å². The Hall–Kier alpha value is -2.33. The van der Waals surface area contributed by atoms with E-state index in [1.54, 1.807) is 12.1 Å². The minimum atomic E-state index is -1.17. The molecule has 7 heteroatoms. The molecule has 0 bridgehead atoms. The fourth-order valence-corrected chi connectivity index (χ4v) is 1.98. The summed E-state index contributed by atoms with van der Waals surface area (Å²) in [6, 6.07) is 6.21. The number of carboxylic acid groups (broad SMARTS) is 1. The molecule has 0 saturated carbocycles. The largest absolute Gasteiger partial charge is 0.480 e. The third-order valence-electron chi connectivity index (χ3n) is 2.58. The van der Waals surface area contributed by atoms with Crippen LogP contribution < -0.4 is 10.6 Å². The predicted octanol–water partition coefficient (Wildman–Crippen LogP) is 2.17. The van der Waals surface area contributed by atoms with Crippen LogP contribution in [-0.4, -0.2) is 23.0 Å². The van der Waals surface area contributed by atoms with Crippen molar-refractivity contribution >= 4 is 33.5 Å². The number of nitrogens with zero attached hydrogens (tertiary/aromatic N) is 1. The molecule has 3 N–H and O–H groups in total. The van der Waals surface area contributed by atoms with E-state index < -0.39 is 17.9 Å². The minimum Gasteiger partial charge on any atom is -0.480 e. The van der Waals surface area contributed by atoms with Crippen molar-refractivity contribution < 1.29 is 14.7 Å². The maximum Gasteiger partial charge on any atom is 0.325 e. The van der Waals surface area contributed by atoms with Gasteiger partial charge in [-0.1, -0.05) is 6.07 Å². The average molecular weight is 352 g/mol. The van der Waals surface area contributed by atoms with Crippen molar-refractivity contribution in [2.75, 3.05) is 5.32 Å². The fraction of sp³-hybridized carbons (Fsp3) is 0.214. The van der Waals surface area contributed by atoms with Crippen LogP contribution in [0.3, 0.4) is 0 Å². The SMILES string of the molecule is Cc1ccc(N/C=C(/C#N)C(=O)NC(C)C(=O)O)c(Br)c1. The number of nitrogens with one attached hydrogen (secondary N) is 2. The molecule has 0 aliphatic heterocycles. The second kappa shape index (κ2) is 7.45. The number of hydrogen-bond donors (Lipinski definition) is 3. The van der Waals surface area contributed by atoms with E-state index in [0.29, 0.717) is 5.69 Å². The zero-order chi connectivity index (χ0) is 16.0. The van der Waals surface area contributed by atoms with Gasteiger partial charge in [0.05, 0.1) is 5.69 Å². The van der Waals surface area contributed by atoms with Gasteiger partial charge in [-0.3, -0.25) is 9.59 Å². The van der Waals surface area contributed by atoms with Crippen LogP contribution in [0.2, 0.25) is 0 Å². The minimum absolute atomic E-state index is 0.212. The van der Waals surface area contributed by atoms with E-state index in [4.69, 9.17) is 10.4 Å². The van der Waals surface area contributed by atoms with Gasteiger partial charge in [0.2, 0.25) is 0 Å². The second-order valence-corrected chi connectivity index (χ2v) is 5.19. The maximum absolute atomic E-state index is 11.7. The Kier molecular flexibility index (Phi) is 5.93. The summed E-state index contributed by atoms with van der Waals surface area (Å²) in [6.07, 6.45) is 1.24. The van der Waals surface area contributed by atoms with Crippen molar-refractivity contribution in [3.63, 3.8) is 0 Å². The summed E-state index contributed by atoms with van der Waals surface area (Å²) in [5, 5.41) is 22.7. The summed E-state index contributed by atoms with van der Waals surface area (Å²) in [5.41, 5.74) is 1.54. The Morgan fingerprint density at radius 3 is 2.67 bits per heavy atom. The molecule has 1 aromatic carbocycles. The molecule has 6 nitrogen and oxygen atoms in total. The molecule has 1 amide bonds. The Balaban J connectivity index is 2.83. The molecule has 0 aliphatic carbocycles. The van der Waals surface area contributed by atoms with Crippen LogP contribution in [0.15, 0.2) is 34.4 Å². The van der Waals surface area contributed by atoms with Crippen molar-refractivity contribution in [2.24, 2.45) is 0 Å². The topological polar surface area (TPSA) is 102 Å².